The first-order valence-corrected chi connectivity index (χ1v) is 7.81. The predicted octanol–water partition coefficient (Wildman–Crippen LogP) is -0.106. The third kappa shape index (κ3) is 2.78. The number of nitrogens with one attached hydrogen (secondary N) is 1. The number of sulfonamides is 1. The maximum atomic E-state index is 12.7. The van der Waals surface area contributed by atoms with Crippen LogP contribution in [-0.4, -0.2) is 61.8 Å². The molecule has 2 heterocycles. The van der Waals surface area contributed by atoms with Gasteiger partial charge in [-0.3, -0.25) is 0 Å². The fourth-order valence-electron chi connectivity index (χ4n) is 2.15. The van der Waals surface area contributed by atoms with Crippen molar-refractivity contribution in [2.75, 3.05) is 32.1 Å². The van der Waals surface area contributed by atoms with Gasteiger partial charge < -0.3 is 15.2 Å². The van der Waals surface area contributed by atoms with E-state index in [2.05, 4.69) is 10.3 Å². The first-order valence-electron chi connectivity index (χ1n) is 6.37. The summed E-state index contributed by atoms with van der Waals surface area (Å²) in [5.41, 5.74) is 0. The molecule has 2 N–H and O–H groups in total. The highest BCUT2D eigenvalue weighted by Crippen LogP contribution is 2.26. The number of aliphatic hydroxyl groups is 1. The van der Waals surface area contributed by atoms with Crippen LogP contribution in [0.1, 0.15) is 6.92 Å². The van der Waals surface area contributed by atoms with Gasteiger partial charge in [0.05, 0.1) is 19.3 Å². The zero-order chi connectivity index (χ0) is 14.8. The van der Waals surface area contributed by atoms with E-state index in [9.17, 15) is 8.42 Å². The first kappa shape index (κ1) is 15.2. The van der Waals surface area contributed by atoms with Crippen LogP contribution in [0.5, 0.6) is 0 Å². The molecule has 0 radical (unpaired) electrons. The van der Waals surface area contributed by atoms with Crippen LogP contribution in [0.25, 0.3) is 0 Å². The van der Waals surface area contributed by atoms with Crippen molar-refractivity contribution in [3.05, 3.63) is 18.3 Å². The van der Waals surface area contributed by atoms with Crippen LogP contribution >= 0.6 is 0 Å². The van der Waals surface area contributed by atoms with Crippen LogP contribution in [0.3, 0.4) is 0 Å². The molecular formula is C12H19N3O4S. The third-order valence-electron chi connectivity index (χ3n) is 3.25. The van der Waals surface area contributed by atoms with Crippen molar-refractivity contribution in [2.24, 2.45) is 0 Å². The van der Waals surface area contributed by atoms with E-state index in [4.69, 9.17) is 9.84 Å². The Morgan fingerprint density at radius 3 is 3.00 bits per heavy atom. The molecule has 2 atom stereocenters. The van der Waals surface area contributed by atoms with Gasteiger partial charge in [-0.1, -0.05) is 0 Å². The molecule has 1 fully saturated rings. The Labute approximate surface area is 118 Å². The Hall–Kier alpha value is -1.22. The molecule has 1 aromatic rings. The molecule has 8 heteroatoms. The minimum absolute atomic E-state index is 0.132. The molecule has 1 aliphatic rings. The van der Waals surface area contributed by atoms with Crippen LogP contribution in [0, 0.1) is 0 Å². The van der Waals surface area contributed by atoms with Crippen LogP contribution in [0.2, 0.25) is 0 Å². The zero-order valence-electron chi connectivity index (χ0n) is 11.5. The van der Waals surface area contributed by atoms with Crippen molar-refractivity contribution in [1.82, 2.24) is 9.29 Å². The number of aromatic nitrogens is 1. The lowest BCUT2D eigenvalue weighted by Crippen LogP contribution is -2.51. The van der Waals surface area contributed by atoms with Crippen LogP contribution in [0.4, 0.5) is 5.82 Å². The minimum Gasteiger partial charge on any atom is -0.394 e. The number of anilines is 1. The number of hydrogen-bond donors (Lipinski definition) is 2. The maximum Gasteiger partial charge on any atom is 0.247 e. The van der Waals surface area contributed by atoms with Gasteiger partial charge in [0.2, 0.25) is 10.0 Å². The summed E-state index contributed by atoms with van der Waals surface area (Å²) in [7, 11) is -2.05. The standard InChI is InChI=1S/C12H19N3O4S/c1-9-8-19-10(7-16)6-15(9)20(17,18)11-4-3-5-14-12(11)13-2/h3-5,9-10,16H,6-8H2,1-2H3,(H,13,14). The number of pyridine rings is 1. The molecule has 20 heavy (non-hydrogen) atoms. The molecule has 0 aromatic carbocycles. The van der Waals surface area contributed by atoms with Crippen molar-refractivity contribution < 1.29 is 18.3 Å². The molecule has 0 saturated carbocycles. The Morgan fingerprint density at radius 2 is 2.35 bits per heavy atom. The van der Waals surface area contributed by atoms with E-state index in [1.54, 1.807) is 20.0 Å². The lowest BCUT2D eigenvalue weighted by atomic mass is 10.2. The molecule has 0 aliphatic carbocycles. The molecule has 0 spiro atoms. The Kier molecular flexibility index (Phi) is 4.59. The molecule has 1 saturated heterocycles. The van der Waals surface area contributed by atoms with E-state index in [0.29, 0.717) is 5.82 Å². The lowest BCUT2D eigenvalue weighted by molar-refractivity contribution is -0.0516. The predicted molar refractivity (Wildman–Crippen MR) is 74.0 cm³/mol. The van der Waals surface area contributed by atoms with E-state index >= 15 is 0 Å². The highest BCUT2D eigenvalue weighted by Gasteiger charge is 2.36. The molecule has 2 rings (SSSR count). The number of morpholine rings is 1. The van der Waals surface area contributed by atoms with Crippen molar-refractivity contribution in [2.45, 2.75) is 24.0 Å². The molecule has 1 aliphatic heterocycles. The summed E-state index contributed by atoms with van der Waals surface area (Å²) in [6.07, 6.45) is 1.04. The van der Waals surface area contributed by atoms with Crippen LogP contribution in [0.15, 0.2) is 23.2 Å². The first-order chi connectivity index (χ1) is 9.50. The third-order valence-corrected chi connectivity index (χ3v) is 5.26. The summed E-state index contributed by atoms with van der Waals surface area (Å²) in [4.78, 5) is 4.16. The van der Waals surface area contributed by atoms with Crippen molar-refractivity contribution >= 4 is 15.8 Å². The topological polar surface area (TPSA) is 91.8 Å². The van der Waals surface area contributed by atoms with Gasteiger partial charge in [0.15, 0.2) is 0 Å². The van der Waals surface area contributed by atoms with Crippen molar-refractivity contribution in [3.8, 4) is 0 Å². The number of ether oxygens (including phenoxy) is 1. The van der Waals surface area contributed by atoms with Gasteiger partial charge in [0.25, 0.3) is 0 Å². The molecule has 2 unspecified atom stereocenters. The molecule has 7 nitrogen and oxygen atoms in total. The van der Waals surface area contributed by atoms with Gasteiger partial charge in [-0.05, 0) is 19.1 Å². The second-order valence-corrected chi connectivity index (χ2v) is 6.52. The normalized spacial score (nSPS) is 24.6. The number of hydrogen-bond acceptors (Lipinski definition) is 6. The lowest BCUT2D eigenvalue weighted by Gasteiger charge is -2.36. The van der Waals surface area contributed by atoms with Gasteiger partial charge in [0.1, 0.15) is 10.7 Å². The number of nitrogens with zero attached hydrogens (tertiary/aromatic N) is 2. The molecule has 1 aromatic heterocycles. The summed E-state index contributed by atoms with van der Waals surface area (Å²) in [5.74, 6) is 0.312. The van der Waals surface area contributed by atoms with E-state index in [0.717, 1.165) is 0 Å². The van der Waals surface area contributed by atoms with Gasteiger partial charge in [-0.25, -0.2) is 13.4 Å². The molecule has 0 bridgehead atoms. The van der Waals surface area contributed by atoms with Gasteiger partial charge in [0, 0.05) is 25.8 Å². The van der Waals surface area contributed by atoms with Gasteiger partial charge in [-0.2, -0.15) is 4.31 Å². The van der Waals surface area contributed by atoms with E-state index < -0.39 is 16.1 Å². The van der Waals surface area contributed by atoms with Crippen LogP contribution < -0.4 is 5.32 Å². The summed E-state index contributed by atoms with van der Waals surface area (Å²) < 4.78 is 32.2. The largest absolute Gasteiger partial charge is 0.394 e. The second-order valence-electron chi connectivity index (χ2n) is 4.66. The van der Waals surface area contributed by atoms with E-state index in [1.165, 1.54) is 16.6 Å². The monoisotopic (exact) mass is 301 g/mol. The highest BCUT2D eigenvalue weighted by molar-refractivity contribution is 7.89. The average molecular weight is 301 g/mol. The summed E-state index contributed by atoms with van der Waals surface area (Å²) in [6.45, 7) is 1.98. The van der Waals surface area contributed by atoms with E-state index in [1.807, 2.05) is 0 Å². The Balaban J connectivity index is 2.38. The van der Waals surface area contributed by atoms with Gasteiger partial charge >= 0.3 is 0 Å². The SMILES string of the molecule is CNc1ncccc1S(=O)(=O)N1CC(CO)OCC1C. The van der Waals surface area contributed by atoms with Crippen molar-refractivity contribution in [3.63, 3.8) is 0 Å². The number of aliphatic hydroxyl groups excluding tert-OH is 1. The average Bonchev–Trinajstić information content (AvgIpc) is 2.47. The highest BCUT2D eigenvalue weighted by atomic mass is 32.2. The zero-order valence-corrected chi connectivity index (χ0v) is 12.3. The maximum absolute atomic E-state index is 12.7. The fourth-order valence-corrected chi connectivity index (χ4v) is 3.95. The van der Waals surface area contributed by atoms with Crippen molar-refractivity contribution in [1.29, 1.82) is 0 Å². The Bertz CT molecular complexity index is 564. The molecule has 0 amide bonds. The van der Waals surface area contributed by atoms with E-state index in [-0.39, 0.29) is 30.7 Å². The molecular weight excluding hydrogens is 282 g/mol. The second kappa shape index (κ2) is 6.04. The smallest absolute Gasteiger partial charge is 0.247 e. The summed E-state index contributed by atoms with van der Waals surface area (Å²) >= 11 is 0. The fraction of sp³-hybridized carbons (Fsp3) is 0.583. The number of rotatable bonds is 4. The quantitative estimate of drug-likeness (QED) is 0.806. The van der Waals surface area contributed by atoms with Crippen LogP contribution in [-0.2, 0) is 14.8 Å². The summed E-state index contributed by atoms with van der Waals surface area (Å²) in [5, 5.41) is 11.9. The summed E-state index contributed by atoms with van der Waals surface area (Å²) in [6, 6.07) is 2.82. The molecule has 112 valence electrons. The Morgan fingerprint density at radius 1 is 1.60 bits per heavy atom. The van der Waals surface area contributed by atoms with Gasteiger partial charge in [-0.15, -0.1) is 0 Å². The minimum atomic E-state index is -3.68.